The smallest absolute Gasteiger partial charge is 0.267 e. The highest BCUT2D eigenvalue weighted by Gasteiger charge is 2.29. The number of fused-ring (bicyclic) bond motifs is 1. The fraction of sp³-hybridized carbons (Fsp3) is 0.500. The quantitative estimate of drug-likeness (QED) is 0.844. The first-order valence-corrected chi connectivity index (χ1v) is 7.84. The summed E-state index contributed by atoms with van der Waals surface area (Å²) in [6.45, 7) is 4.44. The van der Waals surface area contributed by atoms with E-state index >= 15 is 0 Å². The Morgan fingerprint density at radius 3 is 2.86 bits per heavy atom. The molecule has 0 N–H and O–H groups in total. The Bertz CT molecular complexity index is 746. The molecular weight excluding hydrogens is 278 g/mol. The number of anilines is 1. The second-order valence-electron chi connectivity index (χ2n) is 6.29. The first kappa shape index (κ1) is 13.4. The molecule has 0 spiro atoms. The number of aromatic nitrogens is 4. The van der Waals surface area contributed by atoms with E-state index in [1.165, 1.54) is 0 Å². The summed E-state index contributed by atoms with van der Waals surface area (Å²) >= 11 is 0. The predicted octanol–water partition coefficient (Wildman–Crippen LogP) is 0.967. The van der Waals surface area contributed by atoms with Crippen molar-refractivity contribution in [2.24, 2.45) is 5.92 Å². The van der Waals surface area contributed by atoms with Crippen LogP contribution in [0.5, 0.6) is 0 Å². The predicted molar refractivity (Wildman–Crippen MR) is 83.0 cm³/mol. The van der Waals surface area contributed by atoms with Gasteiger partial charge in [-0.25, -0.2) is 4.68 Å². The molecule has 1 saturated heterocycles. The van der Waals surface area contributed by atoms with Crippen molar-refractivity contribution in [1.82, 2.24) is 20.0 Å². The maximum absolute atomic E-state index is 12.1. The van der Waals surface area contributed by atoms with Gasteiger partial charge in [-0.3, -0.25) is 4.79 Å². The summed E-state index contributed by atoms with van der Waals surface area (Å²) in [6, 6.07) is 5.75. The molecule has 1 fully saturated rings. The van der Waals surface area contributed by atoms with Crippen LogP contribution in [-0.4, -0.2) is 33.1 Å². The third-order valence-electron chi connectivity index (χ3n) is 4.52. The second-order valence-corrected chi connectivity index (χ2v) is 6.29. The molecule has 0 atom stereocenters. The zero-order valence-electron chi connectivity index (χ0n) is 12.7. The van der Waals surface area contributed by atoms with E-state index in [1.807, 2.05) is 19.1 Å². The van der Waals surface area contributed by atoms with E-state index in [0.29, 0.717) is 12.5 Å². The molecule has 0 saturated carbocycles. The molecule has 0 aromatic carbocycles. The van der Waals surface area contributed by atoms with Gasteiger partial charge in [0.05, 0.1) is 17.9 Å². The third-order valence-corrected chi connectivity index (χ3v) is 4.52. The number of nitrogens with zero attached hydrogens (tertiary/aromatic N) is 5. The molecule has 0 radical (unpaired) electrons. The van der Waals surface area contributed by atoms with Crippen molar-refractivity contribution in [3.8, 4) is 0 Å². The number of hydrogen-bond acceptors (Lipinski definition) is 5. The molecule has 3 heterocycles. The van der Waals surface area contributed by atoms with Gasteiger partial charge in [0.2, 0.25) is 0 Å². The molecule has 1 aliphatic carbocycles. The van der Waals surface area contributed by atoms with E-state index in [2.05, 4.69) is 20.2 Å². The molecule has 0 unspecified atom stereocenters. The highest BCUT2D eigenvalue weighted by atomic mass is 16.1. The van der Waals surface area contributed by atoms with E-state index in [4.69, 9.17) is 0 Å². The van der Waals surface area contributed by atoms with Gasteiger partial charge in [0.1, 0.15) is 0 Å². The van der Waals surface area contributed by atoms with Gasteiger partial charge in [-0.1, -0.05) is 0 Å². The number of rotatable bonds is 3. The molecule has 4 rings (SSSR count). The first-order chi connectivity index (χ1) is 10.7. The normalized spacial score (nSPS) is 17.4. The summed E-state index contributed by atoms with van der Waals surface area (Å²) in [5.74, 6) is 1.36. The maximum Gasteiger partial charge on any atom is 0.267 e. The molecule has 114 valence electrons. The van der Waals surface area contributed by atoms with Crippen LogP contribution in [0.1, 0.15) is 23.4 Å². The van der Waals surface area contributed by atoms with Gasteiger partial charge in [0.25, 0.3) is 5.56 Å². The summed E-state index contributed by atoms with van der Waals surface area (Å²) < 4.78 is 1.65. The number of hydrogen-bond donors (Lipinski definition) is 0. The van der Waals surface area contributed by atoms with Gasteiger partial charge in [0.15, 0.2) is 5.82 Å². The Labute approximate surface area is 128 Å². The summed E-state index contributed by atoms with van der Waals surface area (Å²) in [6.07, 6.45) is 3.13. The molecular formula is C16H19N5O. The van der Waals surface area contributed by atoms with Crippen molar-refractivity contribution in [3.63, 3.8) is 0 Å². The largest absolute Gasteiger partial charge is 0.354 e. The molecule has 2 aromatic heterocycles. The number of aryl methyl sites for hydroxylation is 3. The van der Waals surface area contributed by atoms with Crippen molar-refractivity contribution in [2.75, 3.05) is 18.0 Å². The van der Waals surface area contributed by atoms with Crippen LogP contribution in [-0.2, 0) is 19.4 Å². The van der Waals surface area contributed by atoms with E-state index in [-0.39, 0.29) is 5.56 Å². The maximum atomic E-state index is 12.1. The zero-order valence-corrected chi connectivity index (χ0v) is 12.7. The van der Waals surface area contributed by atoms with Crippen LogP contribution in [0.2, 0.25) is 0 Å². The van der Waals surface area contributed by atoms with Crippen molar-refractivity contribution in [2.45, 2.75) is 32.7 Å². The van der Waals surface area contributed by atoms with Gasteiger partial charge in [0, 0.05) is 25.1 Å². The Morgan fingerprint density at radius 2 is 2.09 bits per heavy atom. The minimum atomic E-state index is 0.0363. The third kappa shape index (κ3) is 2.38. The fourth-order valence-corrected chi connectivity index (χ4v) is 3.25. The van der Waals surface area contributed by atoms with E-state index in [9.17, 15) is 4.79 Å². The highest BCUT2D eigenvalue weighted by Crippen LogP contribution is 2.23. The van der Waals surface area contributed by atoms with Crippen LogP contribution in [0, 0.1) is 12.8 Å². The Hall–Kier alpha value is -2.24. The fourth-order valence-electron chi connectivity index (χ4n) is 3.25. The Kier molecular flexibility index (Phi) is 3.17. The van der Waals surface area contributed by atoms with E-state index < -0.39 is 0 Å². The highest BCUT2D eigenvalue weighted by molar-refractivity contribution is 5.40. The summed E-state index contributed by atoms with van der Waals surface area (Å²) in [4.78, 5) is 14.3. The van der Waals surface area contributed by atoms with Gasteiger partial charge in [-0.15, -0.1) is 5.10 Å². The lowest BCUT2D eigenvalue weighted by molar-refractivity contribution is 0.331. The van der Waals surface area contributed by atoms with Crippen LogP contribution >= 0.6 is 0 Å². The molecule has 0 amide bonds. The lowest BCUT2D eigenvalue weighted by atomic mass is 10.0. The van der Waals surface area contributed by atoms with Crippen LogP contribution in [0.15, 0.2) is 23.0 Å². The van der Waals surface area contributed by atoms with E-state index in [1.54, 1.807) is 10.7 Å². The average Bonchev–Trinajstić information content (AvgIpc) is 2.90. The minimum absolute atomic E-state index is 0.0363. The average molecular weight is 297 g/mol. The van der Waals surface area contributed by atoms with Crippen LogP contribution in [0.25, 0.3) is 0 Å². The molecule has 6 heteroatoms. The van der Waals surface area contributed by atoms with Gasteiger partial charge >= 0.3 is 0 Å². The van der Waals surface area contributed by atoms with Crippen LogP contribution in [0.3, 0.4) is 0 Å². The molecule has 22 heavy (non-hydrogen) atoms. The van der Waals surface area contributed by atoms with E-state index in [0.717, 1.165) is 55.1 Å². The molecule has 6 nitrogen and oxygen atoms in total. The summed E-state index contributed by atoms with van der Waals surface area (Å²) in [7, 11) is 0. The minimum Gasteiger partial charge on any atom is -0.354 e. The first-order valence-electron chi connectivity index (χ1n) is 7.84. The van der Waals surface area contributed by atoms with Gasteiger partial charge in [-0.2, -0.15) is 10.2 Å². The van der Waals surface area contributed by atoms with Crippen LogP contribution < -0.4 is 10.5 Å². The molecule has 0 bridgehead atoms. The Balaban J connectivity index is 1.42. The Morgan fingerprint density at radius 1 is 1.23 bits per heavy atom. The second kappa shape index (κ2) is 5.19. The molecule has 2 aliphatic rings. The van der Waals surface area contributed by atoms with Crippen molar-refractivity contribution in [1.29, 1.82) is 0 Å². The standard InChI is InChI=1S/C16H19N5O/c1-11-5-6-15(18-17-11)20-8-12(9-20)10-21-16(22)7-13-3-2-4-14(13)19-21/h5-7,12H,2-4,8-10H2,1H3. The van der Waals surface area contributed by atoms with Crippen molar-refractivity contribution < 1.29 is 0 Å². The van der Waals surface area contributed by atoms with Crippen LogP contribution in [0.4, 0.5) is 5.82 Å². The monoisotopic (exact) mass is 297 g/mol. The molecule has 2 aromatic rings. The SMILES string of the molecule is Cc1ccc(N2CC(Cn3nc4c(cc3=O)CCC4)C2)nn1. The lowest BCUT2D eigenvalue weighted by Gasteiger charge is -2.39. The van der Waals surface area contributed by atoms with Gasteiger partial charge in [-0.05, 0) is 43.9 Å². The van der Waals surface area contributed by atoms with Crippen molar-refractivity contribution in [3.05, 3.63) is 45.5 Å². The summed E-state index contributed by atoms with van der Waals surface area (Å²) in [5, 5.41) is 12.8. The van der Waals surface area contributed by atoms with Crippen molar-refractivity contribution >= 4 is 5.82 Å². The molecule has 1 aliphatic heterocycles. The summed E-state index contributed by atoms with van der Waals surface area (Å²) in [5.41, 5.74) is 3.22. The zero-order chi connectivity index (χ0) is 15.1. The van der Waals surface area contributed by atoms with Gasteiger partial charge < -0.3 is 4.90 Å². The topological polar surface area (TPSA) is 63.9 Å². The lowest BCUT2D eigenvalue weighted by Crippen LogP contribution is -2.50.